The maximum absolute atomic E-state index is 5.54. The molecule has 1 saturated heterocycles. The summed E-state index contributed by atoms with van der Waals surface area (Å²) < 4.78 is 14.3. The number of ether oxygens (including phenoxy) is 2. The van der Waals surface area contributed by atoms with E-state index in [1.54, 1.807) is 0 Å². The van der Waals surface area contributed by atoms with E-state index in [4.69, 9.17) is 9.47 Å². The van der Waals surface area contributed by atoms with Gasteiger partial charge in [-0.25, -0.2) is 0 Å². The molecule has 6 heteroatoms. The summed E-state index contributed by atoms with van der Waals surface area (Å²) in [7, 11) is 1.99. The minimum atomic E-state index is -0.0742. The van der Waals surface area contributed by atoms with E-state index >= 15 is 0 Å². The molecular weight excluding hydrogens is 322 g/mol. The zero-order valence-corrected chi connectivity index (χ0v) is 14.1. The van der Waals surface area contributed by atoms with Crippen LogP contribution in [0.25, 0.3) is 0 Å². The van der Waals surface area contributed by atoms with Crippen molar-refractivity contribution in [2.24, 2.45) is 0 Å². The Kier molecular flexibility index (Phi) is 6.01. The van der Waals surface area contributed by atoms with Gasteiger partial charge in [0.1, 0.15) is 0 Å². The Morgan fingerprint density at radius 1 is 1.40 bits per heavy atom. The lowest BCUT2D eigenvalue weighted by Gasteiger charge is -2.20. The van der Waals surface area contributed by atoms with Crippen LogP contribution in [0.2, 0.25) is 0 Å². The number of hydrogen-bond acceptors (Lipinski definition) is 4. The molecule has 0 bridgehead atoms. The standard InChI is InChI=1S/C14H24BrN3O2/c1-4-11-14(15)12(18(5-2)17-11)8-10(16-3)9-13-19-6-7-20-13/h10,13,16H,4-9H2,1-3H3. The summed E-state index contributed by atoms with van der Waals surface area (Å²) >= 11 is 3.70. The van der Waals surface area contributed by atoms with Crippen LogP contribution in [0.5, 0.6) is 0 Å². The Hall–Kier alpha value is -0.430. The first-order valence-electron chi connectivity index (χ1n) is 7.34. The molecule has 0 aromatic carbocycles. The topological polar surface area (TPSA) is 48.3 Å². The Morgan fingerprint density at radius 3 is 2.65 bits per heavy atom. The normalized spacial score (nSPS) is 17.8. The molecule has 1 aromatic heterocycles. The minimum Gasteiger partial charge on any atom is -0.350 e. The van der Waals surface area contributed by atoms with Crippen LogP contribution in [-0.2, 0) is 28.9 Å². The lowest BCUT2D eigenvalue weighted by molar-refractivity contribution is -0.0523. The van der Waals surface area contributed by atoms with Crippen molar-refractivity contribution in [2.45, 2.75) is 52.0 Å². The molecule has 5 nitrogen and oxygen atoms in total. The number of nitrogens with zero attached hydrogens (tertiary/aromatic N) is 2. The molecule has 0 saturated carbocycles. The number of halogens is 1. The SMILES string of the molecule is CCc1nn(CC)c(CC(CC2OCCO2)NC)c1Br. The van der Waals surface area contributed by atoms with Crippen molar-refractivity contribution >= 4 is 15.9 Å². The second-order valence-corrected chi connectivity index (χ2v) is 5.77. The summed E-state index contributed by atoms with van der Waals surface area (Å²) in [5.41, 5.74) is 2.38. The van der Waals surface area contributed by atoms with Crippen molar-refractivity contribution in [2.75, 3.05) is 20.3 Å². The fourth-order valence-corrected chi connectivity index (χ4v) is 3.25. The van der Waals surface area contributed by atoms with E-state index < -0.39 is 0 Å². The zero-order valence-electron chi connectivity index (χ0n) is 12.5. The second-order valence-electron chi connectivity index (χ2n) is 4.97. The highest BCUT2D eigenvalue weighted by atomic mass is 79.9. The van der Waals surface area contributed by atoms with Gasteiger partial charge in [0.05, 0.1) is 29.1 Å². The molecule has 1 unspecified atom stereocenters. The lowest BCUT2D eigenvalue weighted by Crippen LogP contribution is -2.33. The molecule has 0 amide bonds. The van der Waals surface area contributed by atoms with Crippen LogP contribution in [0.1, 0.15) is 31.7 Å². The van der Waals surface area contributed by atoms with Crippen molar-refractivity contribution in [1.29, 1.82) is 0 Å². The number of aromatic nitrogens is 2. The molecule has 1 N–H and O–H groups in total. The molecule has 1 fully saturated rings. The van der Waals surface area contributed by atoms with Crippen molar-refractivity contribution < 1.29 is 9.47 Å². The highest BCUT2D eigenvalue weighted by molar-refractivity contribution is 9.10. The molecule has 1 atom stereocenters. The molecule has 0 spiro atoms. The van der Waals surface area contributed by atoms with Gasteiger partial charge in [0, 0.05) is 25.4 Å². The Balaban J connectivity index is 2.07. The summed E-state index contributed by atoms with van der Waals surface area (Å²) in [6.45, 7) is 6.56. The van der Waals surface area contributed by atoms with Gasteiger partial charge in [-0.3, -0.25) is 4.68 Å². The Morgan fingerprint density at radius 2 is 2.10 bits per heavy atom. The van der Waals surface area contributed by atoms with E-state index in [1.165, 1.54) is 5.69 Å². The third kappa shape index (κ3) is 3.61. The van der Waals surface area contributed by atoms with Crippen LogP contribution in [0.15, 0.2) is 4.47 Å². The smallest absolute Gasteiger partial charge is 0.159 e. The predicted octanol–water partition coefficient (Wildman–Crippen LogP) is 2.12. The van der Waals surface area contributed by atoms with Crippen LogP contribution in [0.4, 0.5) is 0 Å². The second kappa shape index (κ2) is 7.54. The lowest BCUT2D eigenvalue weighted by atomic mass is 10.1. The summed E-state index contributed by atoms with van der Waals surface area (Å²) in [5.74, 6) is 0. The van der Waals surface area contributed by atoms with Gasteiger partial charge in [0.2, 0.25) is 0 Å². The molecule has 1 aromatic rings. The van der Waals surface area contributed by atoms with Gasteiger partial charge in [-0.05, 0) is 36.3 Å². The van der Waals surface area contributed by atoms with Gasteiger partial charge < -0.3 is 14.8 Å². The molecule has 0 radical (unpaired) electrons. The van der Waals surface area contributed by atoms with Gasteiger partial charge >= 0.3 is 0 Å². The van der Waals surface area contributed by atoms with E-state index in [2.05, 4.69) is 44.9 Å². The third-order valence-corrected chi connectivity index (χ3v) is 4.63. The largest absolute Gasteiger partial charge is 0.350 e. The first-order chi connectivity index (χ1) is 9.69. The van der Waals surface area contributed by atoms with Crippen LogP contribution in [-0.4, -0.2) is 42.4 Å². The highest BCUT2D eigenvalue weighted by Gasteiger charge is 2.23. The van der Waals surface area contributed by atoms with Crippen LogP contribution in [0.3, 0.4) is 0 Å². The number of likely N-dealkylation sites (N-methyl/N-ethyl adjacent to an activating group) is 1. The van der Waals surface area contributed by atoms with Crippen LogP contribution in [0, 0.1) is 0 Å². The summed E-state index contributed by atoms with van der Waals surface area (Å²) in [4.78, 5) is 0. The van der Waals surface area contributed by atoms with Crippen LogP contribution < -0.4 is 5.32 Å². The van der Waals surface area contributed by atoms with Crippen molar-refractivity contribution in [3.63, 3.8) is 0 Å². The van der Waals surface area contributed by atoms with E-state index in [9.17, 15) is 0 Å². The first kappa shape index (κ1) is 15.9. The molecular formula is C14H24BrN3O2. The fourth-order valence-electron chi connectivity index (χ4n) is 2.52. The third-order valence-electron chi connectivity index (χ3n) is 3.71. The summed E-state index contributed by atoms with van der Waals surface area (Å²) in [6, 6.07) is 0.320. The number of rotatable bonds is 7. The predicted molar refractivity (Wildman–Crippen MR) is 81.8 cm³/mol. The fraction of sp³-hybridized carbons (Fsp3) is 0.786. The minimum absolute atomic E-state index is 0.0742. The molecule has 1 aliphatic heterocycles. The molecule has 114 valence electrons. The maximum atomic E-state index is 5.54. The highest BCUT2D eigenvalue weighted by Crippen LogP contribution is 2.25. The van der Waals surface area contributed by atoms with Gasteiger partial charge in [0.15, 0.2) is 6.29 Å². The van der Waals surface area contributed by atoms with Crippen molar-refractivity contribution in [3.05, 3.63) is 15.9 Å². The molecule has 20 heavy (non-hydrogen) atoms. The maximum Gasteiger partial charge on any atom is 0.159 e. The first-order valence-corrected chi connectivity index (χ1v) is 8.13. The van der Waals surface area contributed by atoms with Crippen LogP contribution >= 0.6 is 15.9 Å². The summed E-state index contributed by atoms with van der Waals surface area (Å²) in [6.07, 6.45) is 2.65. The average Bonchev–Trinajstić information content (AvgIpc) is 3.07. The molecule has 0 aliphatic carbocycles. The zero-order chi connectivity index (χ0) is 14.5. The van der Waals surface area contributed by atoms with Crippen molar-refractivity contribution in [1.82, 2.24) is 15.1 Å². The van der Waals surface area contributed by atoms with E-state index in [0.717, 1.165) is 36.0 Å². The Labute approximate surface area is 129 Å². The van der Waals surface area contributed by atoms with E-state index in [1.807, 2.05) is 7.05 Å². The molecule has 2 rings (SSSR count). The van der Waals surface area contributed by atoms with Gasteiger partial charge in [-0.2, -0.15) is 5.10 Å². The number of aryl methyl sites for hydroxylation is 2. The molecule has 1 aliphatic rings. The summed E-state index contributed by atoms with van der Waals surface area (Å²) in [5, 5.41) is 8.01. The average molecular weight is 346 g/mol. The van der Waals surface area contributed by atoms with Crippen molar-refractivity contribution in [3.8, 4) is 0 Å². The van der Waals surface area contributed by atoms with Gasteiger partial charge in [-0.15, -0.1) is 0 Å². The molecule has 2 heterocycles. The van der Waals surface area contributed by atoms with E-state index in [-0.39, 0.29) is 6.29 Å². The van der Waals surface area contributed by atoms with Gasteiger partial charge in [0.25, 0.3) is 0 Å². The quantitative estimate of drug-likeness (QED) is 0.822. The number of nitrogens with one attached hydrogen (secondary N) is 1. The van der Waals surface area contributed by atoms with Gasteiger partial charge in [-0.1, -0.05) is 6.92 Å². The number of hydrogen-bond donors (Lipinski definition) is 1. The monoisotopic (exact) mass is 345 g/mol. The Bertz CT molecular complexity index is 430. The van der Waals surface area contributed by atoms with E-state index in [0.29, 0.717) is 19.3 Å².